The Morgan fingerprint density at radius 1 is 1.80 bits per heavy atom. The minimum atomic E-state index is 0. The van der Waals surface area contributed by atoms with Gasteiger partial charge in [-0.2, -0.15) is 0 Å². The standard InChI is InChI=1S/C3H6N2.C3H7N.ClH/c1-2-5-3-4-1;1-2-3-4;/h3H,1-2H2,(H,4,5);2H,1,3-4H2;1H. The van der Waals surface area contributed by atoms with E-state index in [1.807, 2.05) is 0 Å². The van der Waals surface area contributed by atoms with Gasteiger partial charge in [-0.15, -0.1) is 19.0 Å². The Morgan fingerprint density at radius 3 is 2.50 bits per heavy atom. The highest BCUT2D eigenvalue weighted by molar-refractivity contribution is 5.85. The van der Waals surface area contributed by atoms with Crippen molar-refractivity contribution in [2.24, 2.45) is 10.7 Å². The van der Waals surface area contributed by atoms with E-state index < -0.39 is 0 Å². The second-order valence-corrected chi connectivity index (χ2v) is 1.51. The van der Waals surface area contributed by atoms with Crippen LogP contribution in [0.4, 0.5) is 0 Å². The van der Waals surface area contributed by atoms with Gasteiger partial charge in [0.05, 0.1) is 12.9 Å². The fraction of sp³-hybridized carbons (Fsp3) is 0.500. The van der Waals surface area contributed by atoms with Crippen molar-refractivity contribution in [3.05, 3.63) is 12.7 Å². The van der Waals surface area contributed by atoms with E-state index in [0.717, 1.165) is 13.1 Å². The molecule has 60 valence electrons. The Hall–Kier alpha value is -0.540. The zero-order chi connectivity index (χ0) is 6.95. The van der Waals surface area contributed by atoms with Crippen LogP contribution in [0.5, 0.6) is 0 Å². The van der Waals surface area contributed by atoms with Crippen molar-refractivity contribution < 1.29 is 0 Å². The summed E-state index contributed by atoms with van der Waals surface area (Å²) in [5.74, 6) is 0. The molecule has 0 aromatic rings. The molecule has 1 aliphatic heterocycles. The molecule has 1 rings (SSSR count). The summed E-state index contributed by atoms with van der Waals surface area (Å²) in [6, 6.07) is 0. The molecule has 3 N–H and O–H groups in total. The summed E-state index contributed by atoms with van der Waals surface area (Å²) < 4.78 is 0. The summed E-state index contributed by atoms with van der Waals surface area (Å²) in [6.45, 7) is 5.92. The van der Waals surface area contributed by atoms with Crippen LogP contribution in [0.1, 0.15) is 0 Å². The van der Waals surface area contributed by atoms with Crippen molar-refractivity contribution in [3.63, 3.8) is 0 Å². The van der Waals surface area contributed by atoms with Crippen LogP contribution >= 0.6 is 12.4 Å². The largest absolute Gasteiger partial charge is 0.375 e. The fourth-order valence-corrected chi connectivity index (χ4v) is 0.323. The number of halogens is 1. The third kappa shape index (κ3) is 10.4. The summed E-state index contributed by atoms with van der Waals surface area (Å²) >= 11 is 0. The molecule has 0 aromatic carbocycles. The van der Waals surface area contributed by atoms with Crippen LogP contribution in [0.25, 0.3) is 0 Å². The first-order valence-corrected chi connectivity index (χ1v) is 2.94. The second kappa shape index (κ2) is 11.3. The summed E-state index contributed by atoms with van der Waals surface area (Å²) in [7, 11) is 0. The van der Waals surface area contributed by atoms with Crippen LogP contribution in [-0.4, -0.2) is 26.0 Å². The predicted octanol–water partition coefficient (Wildman–Crippen LogP) is 0.171. The molecule has 0 amide bonds. The molecule has 0 radical (unpaired) electrons. The highest BCUT2D eigenvalue weighted by atomic mass is 35.5. The molecule has 3 nitrogen and oxygen atoms in total. The van der Waals surface area contributed by atoms with E-state index in [1.54, 1.807) is 12.4 Å². The molecule has 0 spiro atoms. The second-order valence-electron chi connectivity index (χ2n) is 1.51. The number of nitrogens with two attached hydrogens (primary N) is 1. The lowest BCUT2D eigenvalue weighted by molar-refractivity contribution is 0.965. The lowest BCUT2D eigenvalue weighted by Crippen LogP contribution is -2.04. The van der Waals surface area contributed by atoms with Gasteiger partial charge in [0.2, 0.25) is 0 Å². The highest BCUT2D eigenvalue weighted by Gasteiger charge is 1.82. The molecular weight excluding hydrogens is 150 g/mol. The maximum Gasteiger partial charge on any atom is 0.0825 e. The van der Waals surface area contributed by atoms with Gasteiger partial charge >= 0.3 is 0 Å². The summed E-state index contributed by atoms with van der Waals surface area (Å²) in [5, 5.41) is 2.93. The molecule has 0 aromatic heterocycles. The Labute approximate surface area is 67.8 Å². The Bertz CT molecular complexity index is 87.0. The Balaban J connectivity index is 0. The van der Waals surface area contributed by atoms with Crippen molar-refractivity contribution in [2.45, 2.75) is 0 Å². The van der Waals surface area contributed by atoms with Gasteiger partial charge in [0, 0.05) is 13.1 Å². The zero-order valence-electron chi connectivity index (χ0n) is 5.92. The zero-order valence-corrected chi connectivity index (χ0v) is 6.73. The molecule has 0 fully saturated rings. The summed E-state index contributed by atoms with van der Waals surface area (Å²) in [5.41, 5.74) is 4.91. The first-order chi connectivity index (χ1) is 4.41. The topological polar surface area (TPSA) is 50.4 Å². The molecule has 4 heteroatoms. The van der Waals surface area contributed by atoms with Gasteiger partial charge in [0.15, 0.2) is 0 Å². The maximum absolute atomic E-state index is 4.91. The number of rotatable bonds is 1. The number of hydrogen-bond donors (Lipinski definition) is 2. The Kier molecular flexibility index (Phi) is 13.7. The van der Waals surface area contributed by atoms with Gasteiger partial charge in [0.25, 0.3) is 0 Å². The van der Waals surface area contributed by atoms with Gasteiger partial charge in [-0.25, -0.2) is 0 Å². The van der Waals surface area contributed by atoms with Gasteiger partial charge in [0.1, 0.15) is 0 Å². The highest BCUT2D eigenvalue weighted by Crippen LogP contribution is 1.68. The molecule has 0 saturated carbocycles. The van der Waals surface area contributed by atoms with Gasteiger partial charge in [-0.05, 0) is 0 Å². The predicted molar refractivity (Wildman–Crippen MR) is 47.9 cm³/mol. The minimum absolute atomic E-state index is 0. The maximum atomic E-state index is 4.91. The number of aliphatic imine (C=N–C) groups is 1. The van der Waals surface area contributed by atoms with E-state index >= 15 is 0 Å². The van der Waals surface area contributed by atoms with E-state index in [0.29, 0.717) is 6.54 Å². The molecule has 0 aliphatic carbocycles. The molecule has 0 unspecified atom stereocenters. The summed E-state index contributed by atoms with van der Waals surface area (Å²) in [4.78, 5) is 3.85. The van der Waals surface area contributed by atoms with E-state index in [9.17, 15) is 0 Å². The van der Waals surface area contributed by atoms with Crippen LogP contribution < -0.4 is 11.1 Å². The third-order valence-corrected chi connectivity index (χ3v) is 0.734. The van der Waals surface area contributed by atoms with E-state index in [-0.39, 0.29) is 12.4 Å². The Morgan fingerprint density at radius 2 is 2.40 bits per heavy atom. The van der Waals surface area contributed by atoms with Gasteiger partial charge in [-0.3, -0.25) is 4.99 Å². The number of hydrogen-bond acceptors (Lipinski definition) is 3. The van der Waals surface area contributed by atoms with Crippen molar-refractivity contribution in [1.82, 2.24) is 5.32 Å². The van der Waals surface area contributed by atoms with Crippen LogP contribution in [0.2, 0.25) is 0 Å². The minimum Gasteiger partial charge on any atom is -0.375 e. The smallest absolute Gasteiger partial charge is 0.0825 e. The van der Waals surface area contributed by atoms with Crippen molar-refractivity contribution >= 4 is 18.7 Å². The van der Waals surface area contributed by atoms with E-state index in [2.05, 4.69) is 16.9 Å². The first kappa shape index (κ1) is 12.2. The summed E-state index contributed by atoms with van der Waals surface area (Å²) in [6.07, 6.45) is 3.39. The monoisotopic (exact) mass is 163 g/mol. The molecule has 1 heterocycles. The van der Waals surface area contributed by atoms with Crippen molar-refractivity contribution in [3.8, 4) is 0 Å². The SMILES string of the molecule is C1=NCCN1.C=CCN.Cl. The molecule has 0 atom stereocenters. The molecule has 10 heavy (non-hydrogen) atoms. The molecule has 0 bridgehead atoms. The first-order valence-electron chi connectivity index (χ1n) is 2.94. The fourth-order valence-electron chi connectivity index (χ4n) is 0.323. The quantitative estimate of drug-likeness (QED) is 0.542. The normalized spacial score (nSPS) is 12.1. The van der Waals surface area contributed by atoms with Crippen LogP contribution in [0.3, 0.4) is 0 Å². The number of nitrogens with one attached hydrogen (secondary N) is 1. The molecular formula is C6H14ClN3. The van der Waals surface area contributed by atoms with Crippen LogP contribution in [0.15, 0.2) is 17.6 Å². The lowest BCUT2D eigenvalue weighted by atomic mass is 10.7. The van der Waals surface area contributed by atoms with Gasteiger partial charge < -0.3 is 11.1 Å². The average Bonchev–Trinajstić information content (AvgIpc) is 2.43. The average molecular weight is 164 g/mol. The van der Waals surface area contributed by atoms with Crippen molar-refractivity contribution in [2.75, 3.05) is 19.6 Å². The number of nitrogens with zero attached hydrogens (tertiary/aromatic N) is 1. The van der Waals surface area contributed by atoms with Crippen molar-refractivity contribution in [1.29, 1.82) is 0 Å². The van der Waals surface area contributed by atoms with E-state index in [4.69, 9.17) is 5.73 Å². The van der Waals surface area contributed by atoms with Crippen LogP contribution in [-0.2, 0) is 0 Å². The molecule has 0 saturated heterocycles. The van der Waals surface area contributed by atoms with E-state index in [1.165, 1.54) is 0 Å². The third-order valence-electron chi connectivity index (χ3n) is 0.734. The lowest BCUT2D eigenvalue weighted by Gasteiger charge is -1.75. The van der Waals surface area contributed by atoms with Crippen LogP contribution in [0, 0.1) is 0 Å². The molecule has 1 aliphatic rings. The van der Waals surface area contributed by atoms with Gasteiger partial charge in [-0.1, -0.05) is 6.08 Å².